The highest BCUT2D eigenvalue weighted by Crippen LogP contribution is 2.35. The number of amides is 1. The fourth-order valence-corrected chi connectivity index (χ4v) is 3.18. The zero-order valence-electron chi connectivity index (χ0n) is 12.1. The van der Waals surface area contributed by atoms with Crippen LogP contribution >= 0.6 is 11.8 Å². The molecule has 1 fully saturated rings. The first-order valence-corrected chi connectivity index (χ1v) is 7.79. The Morgan fingerprint density at radius 2 is 2.29 bits per heavy atom. The number of anilines is 1. The van der Waals surface area contributed by atoms with Gasteiger partial charge in [0.25, 0.3) is 0 Å². The summed E-state index contributed by atoms with van der Waals surface area (Å²) in [6.07, 6.45) is 1.11. The highest BCUT2D eigenvalue weighted by molar-refractivity contribution is 8.14. The van der Waals surface area contributed by atoms with Gasteiger partial charge in [0.05, 0.1) is 12.3 Å². The summed E-state index contributed by atoms with van der Waals surface area (Å²) in [7, 11) is 0. The fraction of sp³-hybridized carbons (Fsp3) is 0.467. The van der Waals surface area contributed by atoms with Crippen LogP contribution in [0.5, 0.6) is 5.75 Å². The monoisotopic (exact) mass is 311 g/mol. The summed E-state index contributed by atoms with van der Waals surface area (Å²) in [5.41, 5.74) is 0.571. The lowest BCUT2D eigenvalue weighted by molar-refractivity contribution is -0.117. The summed E-state index contributed by atoms with van der Waals surface area (Å²) < 4.78 is 18.9. The Morgan fingerprint density at radius 1 is 1.52 bits per heavy atom. The van der Waals surface area contributed by atoms with Gasteiger partial charge in [0, 0.05) is 31.2 Å². The predicted molar refractivity (Wildman–Crippen MR) is 81.2 cm³/mol. The van der Waals surface area contributed by atoms with Crippen LogP contribution < -0.4 is 9.64 Å². The van der Waals surface area contributed by atoms with Crippen LogP contribution in [0.25, 0.3) is 0 Å². The van der Waals surface area contributed by atoms with Crippen molar-refractivity contribution in [3.63, 3.8) is 0 Å². The average molecular weight is 311 g/mol. The second-order valence-electron chi connectivity index (χ2n) is 4.90. The van der Waals surface area contributed by atoms with E-state index >= 15 is 0 Å². The smallest absolute Gasteiger partial charge is 0.228 e. The molecule has 0 radical (unpaired) electrons. The number of benzene rings is 1. The van der Waals surface area contributed by atoms with Gasteiger partial charge in [-0.05, 0) is 18.6 Å². The Hall–Kier alpha value is -1.56. The summed E-state index contributed by atoms with van der Waals surface area (Å²) >= 11 is 1.17. The van der Waals surface area contributed by atoms with E-state index in [2.05, 4.69) is 0 Å². The molecule has 1 aromatic rings. The number of hydrogen-bond donors (Lipinski definition) is 0. The van der Waals surface area contributed by atoms with E-state index in [1.54, 1.807) is 11.0 Å². The number of carbonyl (C=O) groups excluding carboxylic acids is 2. The van der Waals surface area contributed by atoms with Gasteiger partial charge < -0.3 is 9.64 Å². The van der Waals surface area contributed by atoms with Crippen molar-refractivity contribution in [3.8, 4) is 5.75 Å². The van der Waals surface area contributed by atoms with Crippen LogP contribution in [0.4, 0.5) is 10.1 Å². The molecule has 114 valence electrons. The predicted octanol–water partition coefficient (Wildman–Crippen LogP) is 3.00. The standard InChI is InChI=1S/C15H18FNO3S/c1-3-6-20-14-7-11(16)4-5-13(14)17-9-12(8-15(17)19)21-10(2)18/h4-5,7,12H,3,6,8-9H2,1-2H3. The van der Waals surface area contributed by atoms with Gasteiger partial charge in [-0.2, -0.15) is 0 Å². The Labute approximate surface area is 127 Å². The van der Waals surface area contributed by atoms with Crippen molar-refractivity contribution in [2.45, 2.75) is 31.9 Å². The molecule has 1 atom stereocenters. The number of nitrogens with zero attached hydrogens (tertiary/aromatic N) is 1. The normalized spacial score (nSPS) is 18.1. The van der Waals surface area contributed by atoms with Crippen LogP contribution in [-0.4, -0.2) is 29.4 Å². The van der Waals surface area contributed by atoms with Crippen molar-refractivity contribution in [2.75, 3.05) is 18.1 Å². The molecule has 4 nitrogen and oxygen atoms in total. The molecule has 0 spiro atoms. The van der Waals surface area contributed by atoms with E-state index in [1.165, 1.54) is 30.8 Å². The maximum atomic E-state index is 13.4. The number of carbonyl (C=O) groups is 2. The minimum absolute atomic E-state index is 0.00351. The van der Waals surface area contributed by atoms with Crippen LogP contribution in [-0.2, 0) is 9.59 Å². The third-order valence-electron chi connectivity index (χ3n) is 3.10. The van der Waals surface area contributed by atoms with Gasteiger partial charge in [0.1, 0.15) is 11.6 Å². The SMILES string of the molecule is CCCOc1cc(F)ccc1N1CC(SC(C)=O)CC1=O. The van der Waals surface area contributed by atoms with Crippen molar-refractivity contribution in [3.05, 3.63) is 24.0 Å². The fourth-order valence-electron chi connectivity index (χ4n) is 2.26. The largest absolute Gasteiger partial charge is 0.491 e. The molecule has 0 bridgehead atoms. The average Bonchev–Trinajstić information content (AvgIpc) is 2.76. The molecule has 1 aliphatic rings. The van der Waals surface area contributed by atoms with Crippen molar-refractivity contribution in [2.24, 2.45) is 0 Å². The lowest BCUT2D eigenvalue weighted by atomic mass is 10.2. The maximum absolute atomic E-state index is 13.4. The molecule has 2 rings (SSSR count). The first kappa shape index (κ1) is 15.8. The molecule has 1 amide bonds. The van der Waals surface area contributed by atoms with Gasteiger partial charge in [0.15, 0.2) is 5.12 Å². The Morgan fingerprint density at radius 3 is 2.95 bits per heavy atom. The summed E-state index contributed by atoms with van der Waals surface area (Å²) in [5.74, 6) is -0.0912. The summed E-state index contributed by atoms with van der Waals surface area (Å²) in [5, 5.41) is -0.0599. The zero-order chi connectivity index (χ0) is 15.4. The molecule has 0 aromatic heterocycles. The quantitative estimate of drug-likeness (QED) is 0.838. The van der Waals surface area contributed by atoms with E-state index in [0.29, 0.717) is 31.0 Å². The molecule has 0 saturated carbocycles. The summed E-state index contributed by atoms with van der Waals surface area (Å²) in [6.45, 7) is 4.35. The van der Waals surface area contributed by atoms with Crippen molar-refractivity contribution in [1.29, 1.82) is 0 Å². The van der Waals surface area contributed by atoms with E-state index in [0.717, 1.165) is 6.42 Å². The van der Waals surface area contributed by atoms with Crippen LogP contribution in [0.1, 0.15) is 26.7 Å². The number of halogens is 1. The lowest BCUT2D eigenvalue weighted by Crippen LogP contribution is -2.25. The van der Waals surface area contributed by atoms with Gasteiger partial charge in [-0.25, -0.2) is 4.39 Å². The van der Waals surface area contributed by atoms with E-state index in [1.807, 2.05) is 6.92 Å². The van der Waals surface area contributed by atoms with Crippen LogP contribution in [0.15, 0.2) is 18.2 Å². The summed E-state index contributed by atoms with van der Waals surface area (Å²) in [6, 6.07) is 4.16. The first-order valence-electron chi connectivity index (χ1n) is 6.91. The van der Waals surface area contributed by atoms with Crippen LogP contribution in [0.2, 0.25) is 0 Å². The minimum atomic E-state index is -0.397. The zero-order valence-corrected chi connectivity index (χ0v) is 12.9. The van der Waals surface area contributed by atoms with Crippen LogP contribution in [0.3, 0.4) is 0 Å². The van der Waals surface area contributed by atoms with E-state index in [4.69, 9.17) is 4.74 Å². The van der Waals surface area contributed by atoms with Gasteiger partial charge >= 0.3 is 0 Å². The lowest BCUT2D eigenvalue weighted by Gasteiger charge is -2.20. The highest BCUT2D eigenvalue weighted by Gasteiger charge is 2.33. The van der Waals surface area contributed by atoms with Gasteiger partial charge in [0.2, 0.25) is 5.91 Å². The number of hydrogen-bond acceptors (Lipinski definition) is 4. The molecule has 6 heteroatoms. The van der Waals surface area contributed by atoms with Crippen molar-refractivity contribution >= 4 is 28.5 Å². The molecule has 0 aliphatic carbocycles. The number of thioether (sulfide) groups is 1. The molecule has 0 N–H and O–H groups in total. The third kappa shape index (κ3) is 3.97. The summed E-state index contributed by atoms with van der Waals surface area (Å²) in [4.78, 5) is 24.9. The van der Waals surface area contributed by atoms with Crippen molar-refractivity contribution < 1.29 is 18.7 Å². The molecule has 1 unspecified atom stereocenters. The maximum Gasteiger partial charge on any atom is 0.228 e. The molecule has 1 aliphatic heterocycles. The highest BCUT2D eigenvalue weighted by atomic mass is 32.2. The molecular formula is C15H18FNO3S. The minimum Gasteiger partial charge on any atom is -0.491 e. The molecule has 21 heavy (non-hydrogen) atoms. The third-order valence-corrected chi connectivity index (χ3v) is 4.08. The molecular weight excluding hydrogens is 293 g/mol. The second-order valence-corrected chi connectivity index (χ2v) is 6.38. The Bertz CT molecular complexity index is 550. The van der Waals surface area contributed by atoms with E-state index in [-0.39, 0.29) is 16.3 Å². The molecule has 1 aromatic carbocycles. The Balaban J connectivity index is 2.20. The molecule has 1 heterocycles. The number of ether oxygens (including phenoxy) is 1. The molecule has 1 saturated heterocycles. The number of rotatable bonds is 5. The van der Waals surface area contributed by atoms with Gasteiger partial charge in [-0.1, -0.05) is 18.7 Å². The van der Waals surface area contributed by atoms with Gasteiger partial charge in [-0.3, -0.25) is 9.59 Å². The first-order chi connectivity index (χ1) is 10.0. The van der Waals surface area contributed by atoms with E-state index in [9.17, 15) is 14.0 Å². The van der Waals surface area contributed by atoms with Crippen molar-refractivity contribution in [1.82, 2.24) is 0 Å². The topological polar surface area (TPSA) is 46.6 Å². The second kappa shape index (κ2) is 6.93. The van der Waals surface area contributed by atoms with Crippen LogP contribution in [0, 0.1) is 5.82 Å². The Kier molecular flexibility index (Phi) is 5.22. The van der Waals surface area contributed by atoms with E-state index < -0.39 is 5.82 Å². The van der Waals surface area contributed by atoms with Gasteiger partial charge in [-0.15, -0.1) is 0 Å².